The van der Waals surface area contributed by atoms with Crippen molar-refractivity contribution in [1.82, 2.24) is 0 Å². The van der Waals surface area contributed by atoms with E-state index in [9.17, 15) is 4.79 Å². The zero-order valence-corrected chi connectivity index (χ0v) is 13.2. The molecule has 0 aliphatic heterocycles. The Morgan fingerprint density at radius 3 is 2.74 bits per heavy atom. The van der Waals surface area contributed by atoms with Gasteiger partial charge >= 0.3 is 0 Å². The number of benzene rings is 1. The van der Waals surface area contributed by atoms with Gasteiger partial charge in [-0.2, -0.15) is 0 Å². The van der Waals surface area contributed by atoms with Crippen LogP contribution in [0.2, 0.25) is 0 Å². The van der Waals surface area contributed by atoms with Crippen molar-refractivity contribution >= 4 is 27.5 Å². The van der Waals surface area contributed by atoms with Crippen molar-refractivity contribution in [3.63, 3.8) is 0 Å². The summed E-state index contributed by atoms with van der Waals surface area (Å²) in [4.78, 5) is 12.3. The third-order valence-electron chi connectivity index (χ3n) is 3.43. The molecule has 0 saturated carbocycles. The summed E-state index contributed by atoms with van der Waals surface area (Å²) < 4.78 is 6.08. The highest BCUT2D eigenvalue weighted by Gasteiger charge is 2.30. The van der Waals surface area contributed by atoms with E-state index in [4.69, 9.17) is 10.5 Å². The minimum atomic E-state index is -0.549. The summed E-state index contributed by atoms with van der Waals surface area (Å²) in [5.74, 6) is -0.0621. The lowest BCUT2D eigenvalue weighted by atomic mass is 9.86. The average molecular weight is 329 g/mol. The molecule has 1 atom stereocenters. The van der Waals surface area contributed by atoms with Gasteiger partial charge in [-0.15, -0.1) is 0 Å². The first-order valence-electron chi connectivity index (χ1n) is 6.26. The number of ether oxygens (including phenoxy) is 1. The highest BCUT2D eigenvalue weighted by molar-refractivity contribution is 9.10. The number of hydrogen-bond donors (Lipinski definition) is 2. The molecule has 19 heavy (non-hydrogen) atoms. The third-order valence-corrected chi connectivity index (χ3v) is 4.18. The molecule has 0 spiro atoms. The second kappa shape index (κ2) is 7.03. The van der Waals surface area contributed by atoms with Crippen molar-refractivity contribution in [2.45, 2.75) is 26.9 Å². The van der Waals surface area contributed by atoms with Crippen LogP contribution in [0.1, 0.15) is 25.8 Å². The van der Waals surface area contributed by atoms with Gasteiger partial charge in [0.2, 0.25) is 5.91 Å². The van der Waals surface area contributed by atoms with E-state index in [1.54, 1.807) is 7.11 Å². The molecule has 0 aliphatic rings. The molecule has 0 bridgehead atoms. The van der Waals surface area contributed by atoms with Gasteiger partial charge < -0.3 is 15.8 Å². The van der Waals surface area contributed by atoms with Crippen molar-refractivity contribution in [2.75, 3.05) is 19.0 Å². The molecule has 0 radical (unpaired) electrons. The first-order valence-corrected chi connectivity index (χ1v) is 7.05. The zero-order chi connectivity index (χ0) is 14.5. The third kappa shape index (κ3) is 3.78. The lowest BCUT2D eigenvalue weighted by Gasteiger charge is -2.25. The van der Waals surface area contributed by atoms with E-state index in [1.807, 2.05) is 32.0 Å². The predicted octanol–water partition coefficient (Wildman–Crippen LogP) is 2.91. The Morgan fingerprint density at radius 2 is 2.21 bits per heavy atom. The Kier molecular flexibility index (Phi) is 5.97. The Balaban J connectivity index is 2.99. The minimum Gasteiger partial charge on any atom is -0.380 e. The van der Waals surface area contributed by atoms with Crippen molar-refractivity contribution in [3.8, 4) is 0 Å². The summed E-state index contributed by atoms with van der Waals surface area (Å²) in [6.07, 6.45) is 0.697. The number of methoxy groups -OCH3 is 1. The summed E-state index contributed by atoms with van der Waals surface area (Å²) >= 11 is 3.47. The van der Waals surface area contributed by atoms with Crippen LogP contribution in [0.15, 0.2) is 22.7 Å². The fraction of sp³-hybridized carbons (Fsp3) is 0.500. The van der Waals surface area contributed by atoms with Crippen molar-refractivity contribution in [1.29, 1.82) is 0 Å². The highest BCUT2D eigenvalue weighted by atomic mass is 79.9. The van der Waals surface area contributed by atoms with Crippen LogP contribution in [0.5, 0.6) is 0 Å². The van der Waals surface area contributed by atoms with E-state index >= 15 is 0 Å². The van der Waals surface area contributed by atoms with Gasteiger partial charge in [0.25, 0.3) is 0 Å². The molecule has 0 heterocycles. The molecule has 106 valence electrons. The van der Waals surface area contributed by atoms with Crippen LogP contribution in [-0.2, 0) is 16.1 Å². The van der Waals surface area contributed by atoms with Gasteiger partial charge in [-0.25, -0.2) is 0 Å². The molecule has 1 unspecified atom stereocenters. The second-order valence-corrected chi connectivity index (χ2v) is 5.63. The molecule has 5 heteroatoms. The fourth-order valence-corrected chi connectivity index (χ4v) is 2.12. The second-order valence-electron chi connectivity index (χ2n) is 4.77. The van der Waals surface area contributed by atoms with E-state index < -0.39 is 5.41 Å². The molecule has 1 aromatic rings. The molecule has 0 fully saturated rings. The van der Waals surface area contributed by atoms with Crippen molar-refractivity contribution < 1.29 is 9.53 Å². The molecular formula is C14H21BrN2O2. The number of nitrogens with two attached hydrogens (primary N) is 1. The monoisotopic (exact) mass is 328 g/mol. The standard InChI is InChI=1S/C14H21BrN2O2/c1-4-14(2,9-16)13(18)17-12-7-5-6-11(15)10(12)8-19-3/h5-7H,4,8-9,16H2,1-3H3,(H,17,18). The number of hydrogen-bond acceptors (Lipinski definition) is 3. The van der Waals surface area contributed by atoms with Gasteiger partial charge in [0.1, 0.15) is 0 Å². The van der Waals surface area contributed by atoms with Gasteiger partial charge in [-0.1, -0.05) is 28.9 Å². The fourth-order valence-electron chi connectivity index (χ4n) is 1.64. The van der Waals surface area contributed by atoms with Crippen LogP contribution >= 0.6 is 15.9 Å². The van der Waals surface area contributed by atoms with E-state index in [0.29, 0.717) is 19.6 Å². The molecule has 4 nitrogen and oxygen atoms in total. The summed E-state index contributed by atoms with van der Waals surface area (Å²) in [7, 11) is 1.63. The molecule has 3 N–H and O–H groups in total. The van der Waals surface area contributed by atoms with Crippen LogP contribution in [0.25, 0.3) is 0 Å². The lowest BCUT2D eigenvalue weighted by Crippen LogP contribution is -2.39. The number of halogens is 1. The molecule has 0 saturated heterocycles. The molecular weight excluding hydrogens is 308 g/mol. The van der Waals surface area contributed by atoms with Crippen LogP contribution < -0.4 is 11.1 Å². The van der Waals surface area contributed by atoms with E-state index in [0.717, 1.165) is 15.7 Å². The topological polar surface area (TPSA) is 64.4 Å². The Hall–Kier alpha value is -0.910. The van der Waals surface area contributed by atoms with Crippen molar-refractivity contribution in [3.05, 3.63) is 28.2 Å². The first kappa shape index (κ1) is 16.1. The zero-order valence-electron chi connectivity index (χ0n) is 11.6. The quantitative estimate of drug-likeness (QED) is 0.843. The minimum absolute atomic E-state index is 0.0621. The Morgan fingerprint density at radius 1 is 1.53 bits per heavy atom. The SMILES string of the molecule is CCC(C)(CN)C(=O)Nc1cccc(Br)c1COC. The van der Waals surface area contributed by atoms with Crippen molar-refractivity contribution in [2.24, 2.45) is 11.1 Å². The summed E-state index contributed by atoms with van der Waals surface area (Å²) in [5, 5.41) is 2.95. The maximum atomic E-state index is 12.3. The summed E-state index contributed by atoms with van der Waals surface area (Å²) in [6.45, 7) is 4.59. The first-order chi connectivity index (χ1) is 8.98. The predicted molar refractivity (Wildman–Crippen MR) is 80.9 cm³/mol. The smallest absolute Gasteiger partial charge is 0.231 e. The Bertz CT molecular complexity index is 445. The number of amides is 1. The molecule has 1 amide bonds. The van der Waals surface area contributed by atoms with Crippen LogP contribution in [0, 0.1) is 5.41 Å². The van der Waals surface area contributed by atoms with E-state index in [1.165, 1.54) is 0 Å². The maximum absolute atomic E-state index is 12.3. The molecule has 0 aliphatic carbocycles. The largest absolute Gasteiger partial charge is 0.380 e. The normalized spacial score (nSPS) is 13.9. The van der Waals surface area contributed by atoms with Gasteiger partial charge in [0, 0.05) is 29.4 Å². The number of carbonyl (C=O) groups excluding carboxylic acids is 1. The van der Waals surface area contributed by atoms with Crippen LogP contribution in [0.4, 0.5) is 5.69 Å². The number of anilines is 1. The van der Waals surface area contributed by atoms with Gasteiger partial charge in [-0.05, 0) is 25.5 Å². The highest BCUT2D eigenvalue weighted by Crippen LogP contribution is 2.28. The number of rotatable bonds is 6. The maximum Gasteiger partial charge on any atom is 0.231 e. The molecule has 1 aromatic carbocycles. The van der Waals surface area contributed by atoms with Crippen LogP contribution in [0.3, 0.4) is 0 Å². The van der Waals surface area contributed by atoms with Gasteiger partial charge in [0.15, 0.2) is 0 Å². The number of nitrogens with one attached hydrogen (secondary N) is 1. The lowest BCUT2D eigenvalue weighted by molar-refractivity contribution is -0.124. The molecule has 0 aromatic heterocycles. The van der Waals surface area contributed by atoms with E-state index in [-0.39, 0.29) is 5.91 Å². The van der Waals surface area contributed by atoms with Gasteiger partial charge in [0.05, 0.1) is 12.0 Å². The number of carbonyl (C=O) groups is 1. The molecule has 1 rings (SSSR count). The van der Waals surface area contributed by atoms with E-state index in [2.05, 4.69) is 21.2 Å². The average Bonchev–Trinajstić information content (AvgIpc) is 2.41. The van der Waals surface area contributed by atoms with Gasteiger partial charge in [-0.3, -0.25) is 4.79 Å². The Labute approximate surface area is 122 Å². The summed E-state index contributed by atoms with van der Waals surface area (Å²) in [5.41, 5.74) is 6.84. The summed E-state index contributed by atoms with van der Waals surface area (Å²) in [6, 6.07) is 5.67. The van der Waals surface area contributed by atoms with Crippen LogP contribution in [-0.4, -0.2) is 19.6 Å².